The van der Waals surface area contributed by atoms with Gasteiger partial charge >= 0.3 is 0 Å². The molecule has 1 aromatic carbocycles. The van der Waals surface area contributed by atoms with E-state index in [-0.39, 0.29) is 11.9 Å². The minimum atomic E-state index is -0.379. The first-order chi connectivity index (χ1) is 9.43. The standard InChI is InChI=1S/C13H15BrClFN4/c1-7-13(15)12(20(2)19-7)6-11(18-17)9-4-3-8(14)5-10(9)16/h3-5,11,18H,6,17H2,1-2H3. The van der Waals surface area contributed by atoms with Crippen molar-refractivity contribution in [3.63, 3.8) is 0 Å². The normalized spacial score (nSPS) is 12.7. The van der Waals surface area contributed by atoms with Crippen LogP contribution in [0.15, 0.2) is 22.7 Å². The molecule has 0 spiro atoms. The first-order valence-corrected chi connectivity index (χ1v) is 7.20. The number of nitrogens with zero attached hydrogens (tertiary/aromatic N) is 2. The molecule has 1 heterocycles. The number of benzene rings is 1. The van der Waals surface area contributed by atoms with Crippen LogP contribution in [0.4, 0.5) is 4.39 Å². The van der Waals surface area contributed by atoms with Crippen molar-refractivity contribution in [2.75, 3.05) is 0 Å². The van der Waals surface area contributed by atoms with Gasteiger partial charge in [-0.15, -0.1) is 0 Å². The Morgan fingerprint density at radius 2 is 2.25 bits per heavy atom. The number of hydrogen-bond acceptors (Lipinski definition) is 3. The molecule has 4 nitrogen and oxygen atoms in total. The Bertz CT molecular complexity index is 629. The van der Waals surface area contributed by atoms with Gasteiger partial charge in [-0.1, -0.05) is 33.6 Å². The highest BCUT2D eigenvalue weighted by Crippen LogP contribution is 2.27. The van der Waals surface area contributed by atoms with Crippen LogP contribution in [0.2, 0.25) is 5.02 Å². The number of rotatable bonds is 4. The molecule has 0 bridgehead atoms. The Morgan fingerprint density at radius 3 is 2.75 bits per heavy atom. The maximum Gasteiger partial charge on any atom is 0.129 e. The largest absolute Gasteiger partial charge is 0.271 e. The number of nitrogens with one attached hydrogen (secondary N) is 1. The fourth-order valence-corrected chi connectivity index (χ4v) is 2.71. The zero-order valence-electron chi connectivity index (χ0n) is 11.1. The molecule has 0 aliphatic heterocycles. The quantitative estimate of drug-likeness (QED) is 0.650. The summed E-state index contributed by atoms with van der Waals surface area (Å²) < 4.78 is 16.4. The summed E-state index contributed by atoms with van der Waals surface area (Å²) in [5.41, 5.74) is 4.69. The van der Waals surface area contributed by atoms with E-state index in [4.69, 9.17) is 17.4 Å². The molecule has 2 aromatic rings. The summed E-state index contributed by atoms with van der Waals surface area (Å²) in [6.45, 7) is 1.83. The number of aromatic nitrogens is 2. The summed E-state index contributed by atoms with van der Waals surface area (Å²) in [6.07, 6.45) is 0.450. The molecule has 7 heteroatoms. The number of halogens is 3. The molecule has 0 radical (unpaired) electrons. The molecule has 1 unspecified atom stereocenters. The predicted molar refractivity (Wildman–Crippen MR) is 80.8 cm³/mol. The highest BCUT2D eigenvalue weighted by Gasteiger charge is 2.20. The van der Waals surface area contributed by atoms with Crippen LogP contribution in [-0.2, 0) is 13.5 Å². The van der Waals surface area contributed by atoms with E-state index in [1.165, 1.54) is 6.07 Å². The van der Waals surface area contributed by atoms with Crippen molar-refractivity contribution in [1.82, 2.24) is 15.2 Å². The van der Waals surface area contributed by atoms with E-state index in [1.807, 2.05) is 6.92 Å². The summed E-state index contributed by atoms with van der Waals surface area (Å²) in [5, 5.41) is 4.83. The van der Waals surface area contributed by atoms with Crippen molar-refractivity contribution < 1.29 is 4.39 Å². The van der Waals surface area contributed by atoms with Crippen LogP contribution in [0.3, 0.4) is 0 Å². The summed E-state index contributed by atoms with van der Waals surface area (Å²) in [6, 6.07) is 4.51. The SMILES string of the molecule is Cc1nn(C)c(CC(NN)c2ccc(Br)cc2F)c1Cl. The van der Waals surface area contributed by atoms with Crippen LogP contribution in [0.1, 0.15) is 23.0 Å². The van der Waals surface area contributed by atoms with Crippen LogP contribution in [0, 0.1) is 12.7 Å². The van der Waals surface area contributed by atoms with Crippen molar-refractivity contribution in [2.45, 2.75) is 19.4 Å². The third-order valence-corrected chi connectivity index (χ3v) is 4.18. The fraction of sp³-hybridized carbons (Fsp3) is 0.308. The smallest absolute Gasteiger partial charge is 0.129 e. The molecule has 0 amide bonds. The van der Waals surface area contributed by atoms with E-state index < -0.39 is 0 Å². The Labute approximate surface area is 130 Å². The zero-order chi connectivity index (χ0) is 14.9. The molecule has 0 saturated heterocycles. The van der Waals surface area contributed by atoms with Crippen LogP contribution in [-0.4, -0.2) is 9.78 Å². The van der Waals surface area contributed by atoms with Crippen LogP contribution >= 0.6 is 27.5 Å². The lowest BCUT2D eigenvalue weighted by atomic mass is 10.0. The molecule has 0 aliphatic carbocycles. The lowest BCUT2D eigenvalue weighted by Crippen LogP contribution is -2.30. The molecular weight excluding hydrogens is 347 g/mol. The third-order valence-electron chi connectivity index (χ3n) is 3.20. The lowest BCUT2D eigenvalue weighted by Gasteiger charge is -2.17. The van der Waals surface area contributed by atoms with Gasteiger partial charge in [-0.2, -0.15) is 5.10 Å². The highest BCUT2D eigenvalue weighted by molar-refractivity contribution is 9.10. The second-order valence-corrected chi connectivity index (χ2v) is 5.85. The topological polar surface area (TPSA) is 55.9 Å². The molecular formula is C13H15BrClFN4. The summed E-state index contributed by atoms with van der Waals surface area (Å²) >= 11 is 9.45. The maximum atomic E-state index is 14.0. The summed E-state index contributed by atoms with van der Waals surface area (Å²) in [7, 11) is 1.81. The maximum absolute atomic E-state index is 14.0. The van der Waals surface area contributed by atoms with Crippen molar-refractivity contribution >= 4 is 27.5 Å². The van der Waals surface area contributed by atoms with Gasteiger partial charge in [0.2, 0.25) is 0 Å². The second-order valence-electron chi connectivity index (χ2n) is 4.56. The molecule has 0 fully saturated rings. The van der Waals surface area contributed by atoms with Gasteiger partial charge in [-0.05, 0) is 19.1 Å². The average molecular weight is 362 g/mol. The van der Waals surface area contributed by atoms with Gasteiger partial charge < -0.3 is 0 Å². The highest BCUT2D eigenvalue weighted by atomic mass is 79.9. The van der Waals surface area contributed by atoms with Crippen LogP contribution < -0.4 is 11.3 Å². The van der Waals surface area contributed by atoms with Gasteiger partial charge in [-0.3, -0.25) is 16.0 Å². The Kier molecular flexibility index (Phi) is 4.80. The zero-order valence-corrected chi connectivity index (χ0v) is 13.5. The number of aryl methyl sites for hydroxylation is 2. The predicted octanol–water partition coefficient (Wildman–Crippen LogP) is 3.03. The number of nitrogens with two attached hydrogens (primary N) is 1. The second kappa shape index (κ2) is 6.22. The minimum Gasteiger partial charge on any atom is -0.271 e. The Balaban J connectivity index is 2.33. The third kappa shape index (κ3) is 3.03. The minimum absolute atomic E-state index is 0.322. The van der Waals surface area contributed by atoms with Gasteiger partial charge in [0.1, 0.15) is 5.82 Å². The monoisotopic (exact) mass is 360 g/mol. The van der Waals surface area contributed by atoms with E-state index in [0.717, 1.165) is 11.4 Å². The molecule has 3 N–H and O–H groups in total. The summed E-state index contributed by atoms with van der Waals surface area (Å²) in [5.74, 6) is 5.24. The number of hydrogen-bond donors (Lipinski definition) is 2. The molecule has 108 valence electrons. The molecule has 2 rings (SSSR count). The van der Waals surface area contributed by atoms with E-state index in [1.54, 1.807) is 23.9 Å². The molecule has 1 atom stereocenters. The lowest BCUT2D eigenvalue weighted by molar-refractivity contribution is 0.497. The molecule has 0 saturated carbocycles. The first-order valence-electron chi connectivity index (χ1n) is 6.03. The van der Waals surface area contributed by atoms with Crippen molar-refractivity contribution in [3.8, 4) is 0 Å². The van der Waals surface area contributed by atoms with Crippen molar-refractivity contribution in [2.24, 2.45) is 12.9 Å². The van der Waals surface area contributed by atoms with Crippen molar-refractivity contribution in [1.29, 1.82) is 0 Å². The first kappa shape index (κ1) is 15.4. The average Bonchev–Trinajstić information content (AvgIpc) is 2.62. The number of hydrazine groups is 1. The van der Waals surface area contributed by atoms with E-state index in [2.05, 4.69) is 26.5 Å². The van der Waals surface area contributed by atoms with Gasteiger partial charge in [0.25, 0.3) is 0 Å². The Morgan fingerprint density at radius 1 is 1.55 bits per heavy atom. The van der Waals surface area contributed by atoms with Crippen molar-refractivity contribution in [3.05, 3.63) is 50.5 Å². The van der Waals surface area contributed by atoms with E-state index in [0.29, 0.717) is 21.5 Å². The Hall–Kier alpha value is -0.950. The van der Waals surface area contributed by atoms with Gasteiger partial charge in [-0.25, -0.2) is 4.39 Å². The van der Waals surface area contributed by atoms with E-state index in [9.17, 15) is 4.39 Å². The van der Waals surface area contributed by atoms with Gasteiger partial charge in [0.15, 0.2) is 0 Å². The fourth-order valence-electron chi connectivity index (χ4n) is 2.14. The molecule has 1 aromatic heterocycles. The van der Waals surface area contributed by atoms with Crippen LogP contribution in [0.5, 0.6) is 0 Å². The van der Waals surface area contributed by atoms with E-state index >= 15 is 0 Å². The van der Waals surface area contributed by atoms with Gasteiger partial charge in [0, 0.05) is 23.5 Å². The molecule has 0 aliphatic rings. The van der Waals surface area contributed by atoms with Crippen LogP contribution in [0.25, 0.3) is 0 Å². The molecule has 20 heavy (non-hydrogen) atoms. The van der Waals surface area contributed by atoms with Gasteiger partial charge in [0.05, 0.1) is 22.5 Å². The summed E-state index contributed by atoms with van der Waals surface area (Å²) in [4.78, 5) is 0.